The van der Waals surface area contributed by atoms with E-state index in [1.165, 1.54) is 10.5 Å². The molecule has 0 aliphatic carbocycles. The molecule has 162 valence electrons. The molecule has 4 rings (SSSR count). The molecule has 0 radical (unpaired) electrons. The molecule has 1 aromatic carbocycles. The van der Waals surface area contributed by atoms with Crippen LogP contribution in [0.15, 0.2) is 48.8 Å². The molecular weight excluding hydrogens is 392 g/mol. The van der Waals surface area contributed by atoms with Crippen LogP contribution in [0.3, 0.4) is 0 Å². The van der Waals surface area contributed by atoms with E-state index < -0.39 is 6.04 Å². The minimum Gasteiger partial charge on any atom is -0.338 e. The second-order valence-electron chi connectivity index (χ2n) is 8.63. The van der Waals surface area contributed by atoms with Crippen LogP contribution in [-0.2, 0) is 11.3 Å². The Bertz CT molecular complexity index is 933. The van der Waals surface area contributed by atoms with Gasteiger partial charge < -0.3 is 4.90 Å². The SMILES string of the molecule is CC(C)CC(C(=O)N1CCN(Cc2ccncc2)CC1)N1C(=O)c2ccccc2C1=O. The Morgan fingerprint density at radius 2 is 1.52 bits per heavy atom. The smallest absolute Gasteiger partial charge is 0.262 e. The van der Waals surface area contributed by atoms with E-state index in [1.54, 1.807) is 41.6 Å². The summed E-state index contributed by atoms with van der Waals surface area (Å²) in [7, 11) is 0. The summed E-state index contributed by atoms with van der Waals surface area (Å²) in [5.41, 5.74) is 1.96. The number of rotatable bonds is 6. The van der Waals surface area contributed by atoms with Gasteiger partial charge in [-0.05, 0) is 42.2 Å². The van der Waals surface area contributed by atoms with Crippen molar-refractivity contribution in [2.24, 2.45) is 5.92 Å². The first-order valence-corrected chi connectivity index (χ1v) is 10.8. The fourth-order valence-electron chi connectivity index (χ4n) is 4.34. The molecule has 0 N–H and O–H groups in total. The molecule has 2 aliphatic heterocycles. The number of fused-ring (bicyclic) bond motifs is 1. The van der Waals surface area contributed by atoms with Crippen LogP contribution in [-0.4, -0.2) is 69.6 Å². The Morgan fingerprint density at radius 3 is 2.06 bits per heavy atom. The number of benzene rings is 1. The van der Waals surface area contributed by atoms with Crippen molar-refractivity contribution < 1.29 is 14.4 Å². The maximum absolute atomic E-state index is 13.5. The third-order valence-corrected chi connectivity index (χ3v) is 5.96. The number of carbonyl (C=O) groups is 3. The highest BCUT2D eigenvalue weighted by atomic mass is 16.2. The molecule has 1 saturated heterocycles. The number of amides is 3. The maximum Gasteiger partial charge on any atom is 0.262 e. The maximum atomic E-state index is 13.5. The number of carbonyl (C=O) groups excluding carboxylic acids is 3. The predicted molar refractivity (Wildman–Crippen MR) is 116 cm³/mol. The van der Waals surface area contributed by atoms with Gasteiger partial charge in [-0.3, -0.25) is 29.2 Å². The summed E-state index contributed by atoms with van der Waals surface area (Å²) < 4.78 is 0. The highest BCUT2D eigenvalue weighted by Crippen LogP contribution is 2.28. The topological polar surface area (TPSA) is 73.8 Å². The third kappa shape index (κ3) is 4.37. The quantitative estimate of drug-likeness (QED) is 0.671. The van der Waals surface area contributed by atoms with E-state index in [1.807, 2.05) is 26.0 Å². The standard InChI is InChI=1S/C24H28N4O3/c1-17(2)15-21(28-22(29)19-5-3-4-6-20(19)23(28)30)24(31)27-13-11-26(12-14-27)16-18-7-9-25-10-8-18/h3-10,17,21H,11-16H2,1-2H3. The number of hydrogen-bond donors (Lipinski definition) is 0. The lowest BCUT2D eigenvalue weighted by Gasteiger charge is -2.38. The van der Waals surface area contributed by atoms with Crippen LogP contribution in [0.25, 0.3) is 0 Å². The molecule has 3 amide bonds. The molecule has 1 unspecified atom stereocenters. The molecule has 7 heteroatoms. The molecule has 1 fully saturated rings. The zero-order valence-corrected chi connectivity index (χ0v) is 18.0. The normalized spacial score (nSPS) is 17.9. The molecule has 2 aromatic rings. The summed E-state index contributed by atoms with van der Waals surface area (Å²) in [6.07, 6.45) is 4.03. The van der Waals surface area contributed by atoms with Gasteiger partial charge in [-0.15, -0.1) is 0 Å². The van der Waals surface area contributed by atoms with Crippen LogP contribution >= 0.6 is 0 Å². The number of hydrogen-bond acceptors (Lipinski definition) is 5. The van der Waals surface area contributed by atoms with Crippen molar-refractivity contribution >= 4 is 17.7 Å². The number of imide groups is 1. The molecule has 0 bridgehead atoms. The lowest BCUT2D eigenvalue weighted by atomic mass is 10.0. The Kier molecular flexibility index (Phi) is 6.13. The fourth-order valence-corrected chi connectivity index (χ4v) is 4.34. The van der Waals surface area contributed by atoms with Gasteiger partial charge >= 0.3 is 0 Å². The molecular formula is C24H28N4O3. The first-order chi connectivity index (χ1) is 15.0. The van der Waals surface area contributed by atoms with E-state index >= 15 is 0 Å². The monoisotopic (exact) mass is 420 g/mol. The second-order valence-corrected chi connectivity index (χ2v) is 8.63. The van der Waals surface area contributed by atoms with Crippen LogP contribution in [0.5, 0.6) is 0 Å². The van der Waals surface area contributed by atoms with Crippen molar-refractivity contribution in [1.82, 2.24) is 19.7 Å². The van der Waals surface area contributed by atoms with Crippen molar-refractivity contribution in [2.75, 3.05) is 26.2 Å². The van der Waals surface area contributed by atoms with Gasteiger partial charge in [0.15, 0.2) is 0 Å². The second kappa shape index (κ2) is 8.98. The van der Waals surface area contributed by atoms with Crippen LogP contribution in [0.4, 0.5) is 0 Å². The van der Waals surface area contributed by atoms with Crippen molar-refractivity contribution in [1.29, 1.82) is 0 Å². The summed E-state index contributed by atoms with van der Waals surface area (Å²) in [6.45, 7) is 7.51. The van der Waals surface area contributed by atoms with Crippen LogP contribution in [0.1, 0.15) is 46.5 Å². The molecule has 0 saturated carbocycles. The largest absolute Gasteiger partial charge is 0.338 e. The summed E-state index contributed by atoms with van der Waals surface area (Å²) in [5.74, 6) is -0.690. The van der Waals surface area contributed by atoms with Crippen molar-refractivity contribution in [3.05, 3.63) is 65.5 Å². The van der Waals surface area contributed by atoms with Gasteiger partial charge in [-0.1, -0.05) is 26.0 Å². The Hall–Kier alpha value is -3.06. The van der Waals surface area contributed by atoms with E-state index in [0.717, 1.165) is 19.6 Å². The number of pyridine rings is 1. The van der Waals surface area contributed by atoms with E-state index in [2.05, 4.69) is 9.88 Å². The van der Waals surface area contributed by atoms with Crippen molar-refractivity contribution in [2.45, 2.75) is 32.9 Å². The van der Waals surface area contributed by atoms with Crippen LogP contribution < -0.4 is 0 Å². The van der Waals surface area contributed by atoms with E-state index in [-0.39, 0.29) is 23.6 Å². The van der Waals surface area contributed by atoms with E-state index in [4.69, 9.17) is 0 Å². The van der Waals surface area contributed by atoms with Gasteiger partial charge in [0.1, 0.15) is 6.04 Å². The molecule has 0 spiro atoms. The van der Waals surface area contributed by atoms with Gasteiger partial charge in [-0.25, -0.2) is 0 Å². The number of piperazine rings is 1. The minimum absolute atomic E-state index is 0.133. The van der Waals surface area contributed by atoms with Crippen LogP contribution in [0.2, 0.25) is 0 Å². The van der Waals surface area contributed by atoms with Gasteiger partial charge in [0.25, 0.3) is 11.8 Å². The van der Waals surface area contributed by atoms with E-state index in [0.29, 0.717) is 30.6 Å². The lowest BCUT2D eigenvalue weighted by molar-refractivity contribution is -0.137. The summed E-state index contributed by atoms with van der Waals surface area (Å²) in [4.78, 5) is 48.8. The zero-order valence-electron chi connectivity index (χ0n) is 18.0. The van der Waals surface area contributed by atoms with Crippen LogP contribution in [0, 0.1) is 5.92 Å². The fraction of sp³-hybridized carbons (Fsp3) is 0.417. The first kappa shape index (κ1) is 21.2. The zero-order chi connectivity index (χ0) is 22.0. The molecule has 1 aromatic heterocycles. The predicted octanol–water partition coefficient (Wildman–Crippen LogP) is 2.44. The number of nitrogens with zero attached hydrogens (tertiary/aromatic N) is 4. The molecule has 1 atom stereocenters. The summed E-state index contributed by atoms with van der Waals surface area (Å²) in [5, 5.41) is 0. The lowest BCUT2D eigenvalue weighted by Crippen LogP contribution is -2.56. The Labute approximate surface area is 182 Å². The highest BCUT2D eigenvalue weighted by Gasteiger charge is 2.44. The minimum atomic E-state index is -0.765. The van der Waals surface area contributed by atoms with Gasteiger partial charge in [0, 0.05) is 45.1 Å². The highest BCUT2D eigenvalue weighted by molar-refractivity contribution is 6.22. The van der Waals surface area contributed by atoms with Crippen molar-refractivity contribution in [3.63, 3.8) is 0 Å². The van der Waals surface area contributed by atoms with Gasteiger partial charge in [-0.2, -0.15) is 0 Å². The molecule has 31 heavy (non-hydrogen) atoms. The average molecular weight is 421 g/mol. The Balaban J connectivity index is 1.46. The number of aromatic nitrogens is 1. The average Bonchev–Trinajstić information content (AvgIpc) is 3.03. The van der Waals surface area contributed by atoms with Gasteiger partial charge in [0.2, 0.25) is 5.91 Å². The van der Waals surface area contributed by atoms with Crippen molar-refractivity contribution in [3.8, 4) is 0 Å². The first-order valence-electron chi connectivity index (χ1n) is 10.8. The van der Waals surface area contributed by atoms with Gasteiger partial charge in [0.05, 0.1) is 11.1 Å². The Morgan fingerprint density at radius 1 is 0.935 bits per heavy atom. The van der Waals surface area contributed by atoms with E-state index in [9.17, 15) is 14.4 Å². The molecule has 3 heterocycles. The third-order valence-electron chi connectivity index (χ3n) is 5.96. The summed E-state index contributed by atoms with van der Waals surface area (Å²) in [6, 6.07) is 10.0. The molecule has 2 aliphatic rings. The summed E-state index contributed by atoms with van der Waals surface area (Å²) >= 11 is 0. The molecule has 7 nitrogen and oxygen atoms in total.